The molecule has 14 N–H and O–H groups in total. The number of nitrogens with two attached hydrogens (primary N) is 7. The molecule has 6 aromatic carbocycles. The van der Waals surface area contributed by atoms with Gasteiger partial charge in [0.1, 0.15) is 57.2 Å². The Morgan fingerprint density at radius 1 is 0.339 bits per heavy atom. The van der Waals surface area contributed by atoms with Gasteiger partial charge in [0.15, 0.2) is 5.82 Å². The van der Waals surface area contributed by atoms with Gasteiger partial charge in [-0.2, -0.15) is 9.97 Å². The van der Waals surface area contributed by atoms with E-state index in [2.05, 4.69) is 64.8 Å². The zero-order valence-electron chi connectivity index (χ0n) is 64.4. The molecule has 13 heterocycles. The SMILES string of the molecule is COC(=O)n1ccc2nc(N)nc(-c3c(Cl)cc(Cl)c4c3CCO4)c21.Cc1cc(-c2c(Cl)cc(Cl)c3c2CCO3)nc(N)n1.Cc1cc(-c2c(Cl)cc(Cl)c3c2CCO3)nc(N)n1.Cc1cc(-c2c(Cl)cc(Cl)c3c2CCO3)nc(N)n1.Cc1nc(N)nc(-c2c(Cl)cc(Cl)c3c2CCO3)c1N.Cc1nc(N)nc(-c2c(Cl)cc(Cl)c3c2CCO3)n1. The van der Waals surface area contributed by atoms with Crippen LogP contribution in [0.2, 0.25) is 60.3 Å². The molecule has 0 bridgehead atoms. The van der Waals surface area contributed by atoms with Crippen LogP contribution in [0.5, 0.6) is 34.5 Å². The first-order valence-corrected chi connectivity index (χ1v) is 41.1. The molecule has 0 amide bonds. The third-order valence-electron chi connectivity index (χ3n) is 19.2. The number of benzene rings is 6. The quantitative estimate of drug-likeness (QED) is 0.0813. The van der Waals surface area contributed by atoms with Gasteiger partial charge in [0.2, 0.25) is 35.7 Å². The highest BCUT2D eigenvalue weighted by molar-refractivity contribution is 6.41. The average Bonchev–Trinajstić information content (AvgIpc) is 1.62. The van der Waals surface area contributed by atoms with Crippen LogP contribution < -0.4 is 68.6 Å². The predicted octanol–water partition coefficient (Wildman–Crippen LogP) is 18.9. The number of methoxy groups -OCH3 is 1. The van der Waals surface area contributed by atoms with E-state index >= 15 is 0 Å². The zero-order valence-corrected chi connectivity index (χ0v) is 73.5. The van der Waals surface area contributed by atoms with Gasteiger partial charge in [0, 0.05) is 129 Å². The van der Waals surface area contributed by atoms with Crippen molar-refractivity contribution >= 4 is 198 Å². The largest absolute Gasteiger partial charge is 0.491 e. The highest BCUT2D eigenvalue weighted by Crippen LogP contribution is 2.52. The molecule has 624 valence electrons. The van der Waals surface area contributed by atoms with Crippen LogP contribution in [0.3, 0.4) is 0 Å². The molecule has 121 heavy (non-hydrogen) atoms. The summed E-state index contributed by atoms with van der Waals surface area (Å²) in [5, 5.41) is 6.01. The molecule has 6 aliphatic rings. The number of carbonyl (C=O) groups is 1. The summed E-state index contributed by atoms with van der Waals surface area (Å²) in [6.45, 7) is 12.5. The Labute approximate surface area is 750 Å². The van der Waals surface area contributed by atoms with Crippen molar-refractivity contribution in [2.24, 2.45) is 0 Å². The molecule has 0 atom stereocenters. The minimum atomic E-state index is -0.567. The van der Waals surface area contributed by atoms with Gasteiger partial charge in [-0.05, 0) is 95.3 Å². The number of aryl methyl sites for hydroxylation is 5. The van der Waals surface area contributed by atoms with Gasteiger partial charge >= 0.3 is 6.09 Å². The molecular formula is C80H67Cl12N21O8. The molecule has 7 aromatic heterocycles. The highest BCUT2D eigenvalue weighted by atomic mass is 35.5. The van der Waals surface area contributed by atoms with Crippen LogP contribution in [-0.4, -0.2) is 122 Å². The average molecular weight is 1880 g/mol. The second kappa shape index (κ2) is 36.4. The summed E-state index contributed by atoms with van der Waals surface area (Å²) in [7, 11) is 1.30. The molecule has 0 spiro atoms. The first-order chi connectivity index (χ1) is 57.7. The van der Waals surface area contributed by atoms with Crippen molar-refractivity contribution in [2.45, 2.75) is 73.1 Å². The number of carbonyl (C=O) groups excluding carboxylic acids is 1. The predicted molar refractivity (Wildman–Crippen MR) is 476 cm³/mol. The zero-order chi connectivity index (χ0) is 86.4. The van der Waals surface area contributed by atoms with E-state index in [1.165, 1.54) is 11.7 Å². The lowest BCUT2D eigenvalue weighted by atomic mass is 10.0. The topological polar surface area (TPSA) is 436 Å². The van der Waals surface area contributed by atoms with Gasteiger partial charge in [-0.1, -0.05) is 139 Å². The Balaban J connectivity index is 0.000000119. The molecule has 29 nitrogen and oxygen atoms in total. The van der Waals surface area contributed by atoms with Gasteiger partial charge in [0.25, 0.3) is 0 Å². The number of hydrogen-bond donors (Lipinski definition) is 7. The van der Waals surface area contributed by atoms with Crippen molar-refractivity contribution in [2.75, 3.05) is 86.9 Å². The number of nitrogen functional groups attached to an aromatic ring is 7. The Bertz CT molecular complexity index is 5840. The number of anilines is 7. The molecule has 0 radical (unpaired) electrons. The van der Waals surface area contributed by atoms with Crippen molar-refractivity contribution in [3.05, 3.63) is 189 Å². The number of ether oxygens (including phenoxy) is 7. The molecule has 41 heteroatoms. The van der Waals surface area contributed by atoms with E-state index in [1.807, 2.05) is 39.0 Å². The smallest absolute Gasteiger partial charge is 0.418 e. The Hall–Kier alpha value is -10.4. The summed E-state index contributed by atoms with van der Waals surface area (Å²) in [5.74, 6) is 6.02. The third kappa shape index (κ3) is 18.1. The van der Waals surface area contributed by atoms with Crippen LogP contribution in [0, 0.1) is 34.6 Å². The first-order valence-electron chi connectivity index (χ1n) is 36.5. The summed E-state index contributed by atoms with van der Waals surface area (Å²) in [6, 6.07) is 17.1. The van der Waals surface area contributed by atoms with Crippen LogP contribution in [-0.2, 0) is 43.3 Å². The monoisotopic (exact) mass is 1870 g/mol. The number of halogens is 12. The van der Waals surface area contributed by atoms with Gasteiger partial charge in [-0.3, -0.25) is 0 Å². The standard InChI is InChI=1S/C16H12Cl2N4O3.C13H12Cl2N4O.3C13H11Cl2N3O.C12H10Cl2N4O/c1-24-16(23)22-4-2-10-13(22)12(21-15(19)20-10)11-7-3-5-25-14(7)9(18)6-8(11)17;1-5-10(16)11(19-13(17)18-5)9-6-2-3-20-12(6)8(15)4-7(9)14;3*1-6-4-10(18-13(16)17-6)11-7-2-3-19-12(7)9(15)5-8(11)14;1-5-16-11(18-12(15)17-5)9-6-2-3-19-10(6)8(14)4-7(9)13/h2,4,6H,3,5H2,1H3,(H2,19,20,21);4H,2-3,16H2,1H3,(H2,17,18,19);3*4-5H,2-3H2,1H3,(H2,16,17,18);4H,2-3H2,1H3,(H2,15,16,17,18). The summed E-state index contributed by atoms with van der Waals surface area (Å²) < 4.78 is 39.4. The van der Waals surface area contributed by atoms with Crippen LogP contribution in [0.1, 0.15) is 62.0 Å². The molecule has 13 aromatic rings. The van der Waals surface area contributed by atoms with E-state index in [0.29, 0.717) is 215 Å². The van der Waals surface area contributed by atoms with Gasteiger partial charge in [-0.15, -0.1) is 0 Å². The molecule has 0 unspecified atom stereocenters. The lowest BCUT2D eigenvalue weighted by Gasteiger charge is -2.14. The Kier molecular flexibility index (Phi) is 26.1. The Morgan fingerprint density at radius 2 is 0.636 bits per heavy atom. The number of hydrogen-bond acceptors (Lipinski definition) is 28. The van der Waals surface area contributed by atoms with E-state index in [-0.39, 0.29) is 35.7 Å². The summed E-state index contributed by atoms with van der Waals surface area (Å²) >= 11 is 74.9. The lowest BCUT2D eigenvalue weighted by molar-refractivity contribution is 0.174. The van der Waals surface area contributed by atoms with Crippen molar-refractivity contribution < 1.29 is 38.0 Å². The van der Waals surface area contributed by atoms with Gasteiger partial charge < -0.3 is 73.3 Å². The van der Waals surface area contributed by atoms with E-state index in [9.17, 15) is 4.79 Å². The lowest BCUT2D eigenvalue weighted by Crippen LogP contribution is -2.11. The van der Waals surface area contributed by atoms with E-state index < -0.39 is 6.09 Å². The molecule has 0 fully saturated rings. The normalized spacial score (nSPS) is 13.1. The molecular weight excluding hydrogens is 1810 g/mol. The molecule has 0 aliphatic carbocycles. The number of aromatic nitrogens is 14. The minimum absolute atomic E-state index is 0.0730. The number of fused-ring (bicyclic) bond motifs is 7. The third-order valence-corrected chi connectivity index (χ3v) is 22.7. The molecule has 0 saturated carbocycles. The summed E-state index contributed by atoms with van der Waals surface area (Å²) in [6.07, 6.45) is 5.30. The maximum absolute atomic E-state index is 12.1. The van der Waals surface area contributed by atoms with Gasteiger partial charge in [0.05, 0.1) is 141 Å². The summed E-state index contributed by atoms with van der Waals surface area (Å²) in [5.41, 5.74) is 58.0. The van der Waals surface area contributed by atoms with E-state index in [1.54, 1.807) is 62.5 Å². The second-order valence-electron chi connectivity index (χ2n) is 27.3. The Morgan fingerprint density at radius 3 is 0.983 bits per heavy atom. The second-order valence-corrected chi connectivity index (χ2v) is 32.2. The fraction of sp³-hybridized carbons (Fsp3) is 0.225. The number of nitrogens with zero attached hydrogens (tertiary/aromatic N) is 14. The van der Waals surface area contributed by atoms with E-state index in [4.69, 9.17) is 213 Å². The van der Waals surface area contributed by atoms with E-state index in [0.717, 1.165) is 104 Å². The van der Waals surface area contributed by atoms with Crippen LogP contribution in [0.25, 0.3) is 78.7 Å². The fourth-order valence-electron chi connectivity index (χ4n) is 14.4. The maximum atomic E-state index is 12.1. The van der Waals surface area contributed by atoms with Crippen molar-refractivity contribution in [1.82, 2.24) is 69.4 Å². The highest BCUT2D eigenvalue weighted by Gasteiger charge is 2.33. The van der Waals surface area contributed by atoms with Crippen LogP contribution in [0.4, 0.5) is 46.2 Å². The van der Waals surface area contributed by atoms with Crippen LogP contribution >= 0.6 is 139 Å². The van der Waals surface area contributed by atoms with Gasteiger partial charge in [-0.25, -0.2) is 64.2 Å². The van der Waals surface area contributed by atoms with Crippen molar-refractivity contribution in [3.8, 4) is 102 Å². The number of rotatable bonds is 6. The van der Waals surface area contributed by atoms with Crippen LogP contribution in [0.15, 0.2) is 66.9 Å². The van der Waals surface area contributed by atoms with Crippen molar-refractivity contribution in [3.63, 3.8) is 0 Å². The fourth-order valence-corrected chi connectivity index (χ4v) is 18.3. The molecule has 0 saturated heterocycles. The minimum Gasteiger partial charge on any atom is -0.491 e. The molecule has 19 rings (SSSR count). The van der Waals surface area contributed by atoms with Crippen molar-refractivity contribution in [1.29, 1.82) is 0 Å². The maximum Gasteiger partial charge on any atom is 0.418 e. The summed E-state index contributed by atoms with van der Waals surface area (Å²) in [4.78, 5) is 66.3. The molecule has 6 aliphatic heterocycles. The first kappa shape index (κ1) is 87.0.